The van der Waals surface area contributed by atoms with E-state index in [2.05, 4.69) is 27.7 Å². The Kier molecular flexibility index (Phi) is 7.79. The van der Waals surface area contributed by atoms with Crippen molar-refractivity contribution in [2.24, 2.45) is 17.3 Å². The number of hydrogen-bond donors (Lipinski definition) is 0. The zero-order valence-electron chi connectivity index (χ0n) is 14.7. The maximum atomic E-state index is 12.7. The van der Waals surface area contributed by atoms with Crippen molar-refractivity contribution in [2.75, 3.05) is 13.2 Å². The average Bonchev–Trinajstić information content (AvgIpc) is 2.26. The van der Waals surface area contributed by atoms with Crippen LogP contribution in [0.25, 0.3) is 0 Å². The second-order valence-corrected chi connectivity index (χ2v) is 7.38. The van der Waals surface area contributed by atoms with Crippen molar-refractivity contribution >= 4 is 5.97 Å². The molecule has 0 fully saturated rings. The maximum absolute atomic E-state index is 12.7. The quantitative estimate of drug-likeness (QED) is 0.619. The topological polar surface area (TPSA) is 35.5 Å². The summed E-state index contributed by atoms with van der Waals surface area (Å²) >= 11 is 0. The molecule has 0 radical (unpaired) electrons. The summed E-state index contributed by atoms with van der Waals surface area (Å²) in [6, 6.07) is 0. The first kappa shape index (κ1) is 19.4. The molecule has 0 aliphatic heterocycles. The van der Waals surface area contributed by atoms with Crippen LogP contribution in [0.4, 0.5) is 0 Å². The zero-order valence-corrected chi connectivity index (χ0v) is 14.7. The van der Waals surface area contributed by atoms with Gasteiger partial charge in [0.05, 0.1) is 12.0 Å². The van der Waals surface area contributed by atoms with E-state index in [1.165, 1.54) is 0 Å². The standard InChI is InChI=1S/C17H34O3/c1-9-19-12-17(14(4)5,11-10-13(2)3)15(18)20-16(6,7)8/h13-14H,9-12H2,1-8H3. The van der Waals surface area contributed by atoms with Crippen LogP contribution in [0, 0.1) is 17.3 Å². The van der Waals surface area contributed by atoms with E-state index < -0.39 is 11.0 Å². The molecule has 0 heterocycles. The highest BCUT2D eigenvalue weighted by molar-refractivity contribution is 5.77. The lowest BCUT2D eigenvalue weighted by Crippen LogP contribution is -2.45. The molecular formula is C17H34O3. The maximum Gasteiger partial charge on any atom is 0.315 e. The third-order valence-corrected chi connectivity index (χ3v) is 3.64. The van der Waals surface area contributed by atoms with Crippen molar-refractivity contribution in [3.63, 3.8) is 0 Å². The van der Waals surface area contributed by atoms with Gasteiger partial charge in [0.2, 0.25) is 0 Å². The molecule has 0 bridgehead atoms. The fourth-order valence-corrected chi connectivity index (χ4v) is 2.13. The lowest BCUT2D eigenvalue weighted by atomic mass is 9.73. The van der Waals surface area contributed by atoms with E-state index in [-0.39, 0.29) is 11.9 Å². The number of ether oxygens (including phenoxy) is 2. The highest BCUT2D eigenvalue weighted by Gasteiger charge is 2.44. The molecule has 0 aliphatic rings. The Morgan fingerprint density at radius 1 is 1.10 bits per heavy atom. The van der Waals surface area contributed by atoms with Crippen molar-refractivity contribution in [3.05, 3.63) is 0 Å². The number of carbonyl (C=O) groups excluding carboxylic acids is 1. The molecular weight excluding hydrogens is 252 g/mol. The van der Waals surface area contributed by atoms with Gasteiger partial charge < -0.3 is 9.47 Å². The van der Waals surface area contributed by atoms with Crippen LogP contribution in [0.2, 0.25) is 0 Å². The van der Waals surface area contributed by atoms with Crippen LogP contribution in [-0.2, 0) is 14.3 Å². The average molecular weight is 286 g/mol. The zero-order chi connectivity index (χ0) is 16.0. The van der Waals surface area contributed by atoms with Gasteiger partial charge in [0.25, 0.3) is 0 Å². The molecule has 3 heteroatoms. The molecule has 0 aromatic heterocycles. The van der Waals surface area contributed by atoms with Crippen LogP contribution in [0.15, 0.2) is 0 Å². The molecule has 120 valence electrons. The fourth-order valence-electron chi connectivity index (χ4n) is 2.13. The van der Waals surface area contributed by atoms with Gasteiger partial charge in [0.15, 0.2) is 0 Å². The van der Waals surface area contributed by atoms with E-state index >= 15 is 0 Å². The minimum atomic E-state index is -0.534. The summed E-state index contributed by atoms with van der Waals surface area (Å²) in [5.74, 6) is 0.647. The molecule has 0 aliphatic carbocycles. The van der Waals surface area contributed by atoms with Crippen molar-refractivity contribution in [1.29, 1.82) is 0 Å². The number of hydrogen-bond acceptors (Lipinski definition) is 3. The summed E-state index contributed by atoms with van der Waals surface area (Å²) in [5, 5.41) is 0. The summed E-state index contributed by atoms with van der Waals surface area (Å²) in [6.45, 7) is 17.3. The molecule has 0 aromatic carbocycles. The highest BCUT2D eigenvalue weighted by atomic mass is 16.6. The van der Waals surface area contributed by atoms with Gasteiger partial charge in [-0.15, -0.1) is 0 Å². The molecule has 3 nitrogen and oxygen atoms in total. The van der Waals surface area contributed by atoms with Crippen LogP contribution >= 0.6 is 0 Å². The van der Waals surface area contributed by atoms with E-state index in [9.17, 15) is 4.79 Å². The first-order valence-corrected chi connectivity index (χ1v) is 7.86. The number of carbonyl (C=O) groups is 1. The fraction of sp³-hybridized carbons (Fsp3) is 0.941. The van der Waals surface area contributed by atoms with Crippen molar-refractivity contribution in [2.45, 2.75) is 73.8 Å². The van der Waals surface area contributed by atoms with E-state index in [0.29, 0.717) is 19.1 Å². The van der Waals surface area contributed by atoms with Gasteiger partial charge in [0, 0.05) is 6.61 Å². The Morgan fingerprint density at radius 3 is 2.00 bits per heavy atom. The molecule has 0 N–H and O–H groups in total. The molecule has 0 spiro atoms. The van der Waals surface area contributed by atoms with Crippen LogP contribution in [0.3, 0.4) is 0 Å². The molecule has 1 atom stereocenters. The third-order valence-electron chi connectivity index (χ3n) is 3.64. The second-order valence-electron chi connectivity index (χ2n) is 7.38. The second kappa shape index (κ2) is 8.02. The SMILES string of the molecule is CCOCC(CCC(C)C)(C(=O)OC(C)(C)C)C(C)C. The molecule has 0 aromatic rings. The Morgan fingerprint density at radius 2 is 1.65 bits per heavy atom. The molecule has 20 heavy (non-hydrogen) atoms. The Bertz CT molecular complexity index is 289. The highest BCUT2D eigenvalue weighted by Crippen LogP contribution is 2.37. The van der Waals surface area contributed by atoms with Gasteiger partial charge in [-0.05, 0) is 52.4 Å². The Balaban J connectivity index is 5.20. The van der Waals surface area contributed by atoms with E-state index in [1.807, 2.05) is 27.7 Å². The van der Waals surface area contributed by atoms with Gasteiger partial charge in [0.1, 0.15) is 5.60 Å². The Labute approximate surface area is 125 Å². The lowest BCUT2D eigenvalue weighted by molar-refractivity contribution is -0.176. The predicted molar refractivity (Wildman–Crippen MR) is 83.7 cm³/mol. The van der Waals surface area contributed by atoms with Gasteiger partial charge >= 0.3 is 5.97 Å². The minimum absolute atomic E-state index is 0.117. The first-order chi connectivity index (χ1) is 9.05. The molecule has 0 rings (SSSR count). The van der Waals surface area contributed by atoms with Crippen LogP contribution < -0.4 is 0 Å². The predicted octanol–water partition coefficient (Wildman–Crippen LogP) is 4.44. The molecule has 0 saturated carbocycles. The molecule has 0 amide bonds. The smallest absolute Gasteiger partial charge is 0.315 e. The first-order valence-electron chi connectivity index (χ1n) is 7.86. The van der Waals surface area contributed by atoms with E-state index in [0.717, 1.165) is 12.8 Å². The van der Waals surface area contributed by atoms with Crippen molar-refractivity contribution in [3.8, 4) is 0 Å². The van der Waals surface area contributed by atoms with Crippen LogP contribution in [0.1, 0.15) is 68.2 Å². The van der Waals surface area contributed by atoms with Crippen molar-refractivity contribution in [1.82, 2.24) is 0 Å². The van der Waals surface area contributed by atoms with Gasteiger partial charge in [-0.25, -0.2) is 0 Å². The van der Waals surface area contributed by atoms with Gasteiger partial charge in [-0.1, -0.05) is 27.7 Å². The lowest BCUT2D eigenvalue weighted by Gasteiger charge is -2.37. The largest absolute Gasteiger partial charge is 0.459 e. The normalized spacial score (nSPS) is 15.5. The minimum Gasteiger partial charge on any atom is -0.459 e. The molecule has 0 saturated heterocycles. The van der Waals surface area contributed by atoms with Gasteiger partial charge in [-0.2, -0.15) is 0 Å². The summed E-state index contributed by atoms with van der Waals surface area (Å²) in [6.07, 6.45) is 1.82. The monoisotopic (exact) mass is 286 g/mol. The summed E-state index contributed by atoms with van der Waals surface area (Å²) in [5.41, 5.74) is -0.991. The summed E-state index contributed by atoms with van der Waals surface area (Å²) in [7, 11) is 0. The molecule has 1 unspecified atom stereocenters. The summed E-state index contributed by atoms with van der Waals surface area (Å²) < 4.78 is 11.3. The summed E-state index contributed by atoms with van der Waals surface area (Å²) in [4.78, 5) is 12.7. The van der Waals surface area contributed by atoms with Crippen LogP contribution in [0.5, 0.6) is 0 Å². The third kappa shape index (κ3) is 6.25. The number of rotatable bonds is 8. The Hall–Kier alpha value is -0.570. The van der Waals surface area contributed by atoms with Crippen molar-refractivity contribution < 1.29 is 14.3 Å². The van der Waals surface area contributed by atoms with E-state index in [4.69, 9.17) is 9.47 Å². The van der Waals surface area contributed by atoms with Gasteiger partial charge in [-0.3, -0.25) is 4.79 Å². The number of esters is 1. The van der Waals surface area contributed by atoms with E-state index in [1.54, 1.807) is 0 Å². The van der Waals surface area contributed by atoms with Crippen LogP contribution in [-0.4, -0.2) is 24.8 Å².